The van der Waals surface area contributed by atoms with Crippen LogP contribution in [0.4, 0.5) is 21.0 Å². The van der Waals surface area contributed by atoms with Gasteiger partial charge in [0.05, 0.1) is 9.85 Å². The van der Waals surface area contributed by atoms with Crippen molar-refractivity contribution in [2.75, 3.05) is 45.9 Å². The van der Waals surface area contributed by atoms with E-state index in [0.717, 1.165) is 0 Å². The van der Waals surface area contributed by atoms with Crippen molar-refractivity contribution in [3.63, 3.8) is 0 Å². The maximum Gasteiger partial charge on any atom is 0.508 e. The van der Waals surface area contributed by atoms with E-state index in [9.17, 15) is 34.6 Å². The fraction of sp³-hybridized carbons (Fsp3) is 0.444. The van der Waals surface area contributed by atoms with Crippen LogP contribution >= 0.6 is 12.6 Å². The molecule has 230 valence electrons. The SMILES string of the molecule is O=C(OCCN1CCN(C(=O)[C@H]2C[C@H](S)CN2C(=O)OCc2ccc([N+](=O)[O-])cc2)CC1)OCc1ccc([N+](=O)[O-])cc1. The van der Waals surface area contributed by atoms with Crippen LogP contribution in [0, 0.1) is 20.2 Å². The first-order valence-electron chi connectivity index (χ1n) is 13.5. The lowest BCUT2D eigenvalue weighted by atomic mass is 10.1. The number of ether oxygens (including phenoxy) is 3. The summed E-state index contributed by atoms with van der Waals surface area (Å²) in [7, 11) is 0. The van der Waals surface area contributed by atoms with E-state index in [1.165, 1.54) is 53.4 Å². The van der Waals surface area contributed by atoms with E-state index < -0.39 is 28.1 Å². The highest BCUT2D eigenvalue weighted by Gasteiger charge is 2.41. The van der Waals surface area contributed by atoms with E-state index in [1.807, 2.05) is 4.90 Å². The first-order chi connectivity index (χ1) is 20.6. The largest absolute Gasteiger partial charge is 0.508 e. The summed E-state index contributed by atoms with van der Waals surface area (Å²) in [6.07, 6.45) is -1.11. The van der Waals surface area contributed by atoms with Gasteiger partial charge in [-0.25, -0.2) is 9.59 Å². The Kier molecular flexibility index (Phi) is 10.7. The van der Waals surface area contributed by atoms with Crippen molar-refractivity contribution in [3.05, 3.63) is 79.9 Å². The van der Waals surface area contributed by atoms with E-state index in [1.54, 1.807) is 4.90 Å². The third-order valence-corrected chi connectivity index (χ3v) is 7.50. The number of thiol groups is 1. The number of hydrogen-bond donors (Lipinski definition) is 1. The lowest BCUT2D eigenvalue weighted by molar-refractivity contribution is -0.385. The Morgan fingerprint density at radius 1 is 0.814 bits per heavy atom. The maximum atomic E-state index is 13.3. The molecule has 0 saturated carbocycles. The van der Waals surface area contributed by atoms with E-state index in [2.05, 4.69) is 12.6 Å². The predicted octanol–water partition coefficient (Wildman–Crippen LogP) is 3.01. The molecule has 16 heteroatoms. The second kappa shape index (κ2) is 14.6. The van der Waals surface area contributed by atoms with E-state index >= 15 is 0 Å². The molecule has 2 aromatic rings. The third kappa shape index (κ3) is 8.78. The molecule has 43 heavy (non-hydrogen) atoms. The van der Waals surface area contributed by atoms with Crippen LogP contribution in [0.1, 0.15) is 17.5 Å². The number of non-ortho nitro benzene ring substituents is 2. The summed E-state index contributed by atoms with van der Waals surface area (Å²) in [6.45, 7) is 2.60. The number of piperazine rings is 1. The van der Waals surface area contributed by atoms with Gasteiger partial charge >= 0.3 is 12.2 Å². The molecule has 2 aliphatic rings. The molecule has 2 atom stereocenters. The number of benzene rings is 2. The lowest BCUT2D eigenvalue weighted by Gasteiger charge is -2.37. The summed E-state index contributed by atoms with van der Waals surface area (Å²) in [5.41, 5.74) is 1.05. The van der Waals surface area contributed by atoms with Crippen LogP contribution in [0.25, 0.3) is 0 Å². The van der Waals surface area contributed by atoms with Gasteiger partial charge in [0.25, 0.3) is 11.4 Å². The minimum atomic E-state index is -0.852. The Labute approximate surface area is 252 Å². The molecule has 0 bridgehead atoms. The molecule has 2 heterocycles. The van der Waals surface area contributed by atoms with Crippen molar-refractivity contribution in [3.8, 4) is 0 Å². The van der Waals surface area contributed by atoms with Gasteiger partial charge in [0.1, 0.15) is 25.9 Å². The minimum Gasteiger partial charge on any atom is -0.445 e. The fourth-order valence-corrected chi connectivity index (χ4v) is 5.13. The molecule has 2 aromatic carbocycles. The van der Waals surface area contributed by atoms with Crippen molar-refractivity contribution in [1.82, 2.24) is 14.7 Å². The average molecular weight is 618 g/mol. The van der Waals surface area contributed by atoms with Gasteiger partial charge in [-0.05, 0) is 41.8 Å². The molecule has 0 spiro atoms. The zero-order valence-corrected chi connectivity index (χ0v) is 24.0. The van der Waals surface area contributed by atoms with Crippen molar-refractivity contribution in [2.45, 2.75) is 30.9 Å². The number of nitrogens with zero attached hydrogens (tertiary/aromatic N) is 5. The monoisotopic (exact) mass is 617 g/mol. The van der Waals surface area contributed by atoms with Crippen LogP contribution in [0.3, 0.4) is 0 Å². The van der Waals surface area contributed by atoms with Gasteiger partial charge in [0, 0.05) is 68.8 Å². The second-order valence-electron chi connectivity index (χ2n) is 10.0. The Balaban J connectivity index is 1.16. The standard InChI is InChI=1S/C27H31N5O10S/c33-25(24-15-23(43)16-30(24)26(34)41-17-19-1-5-21(6-2-19)31(36)37)29-11-9-28(10-12-29)13-14-40-27(35)42-18-20-3-7-22(8-4-20)32(38)39/h1-8,23-24,43H,9-18H2/t23-,24+/m0/s1. The lowest BCUT2D eigenvalue weighted by Crippen LogP contribution is -2.54. The van der Waals surface area contributed by atoms with Crippen LogP contribution in [0.5, 0.6) is 0 Å². The molecular formula is C27H31N5O10S. The Bertz CT molecular complexity index is 1320. The highest BCUT2D eigenvalue weighted by atomic mass is 32.1. The summed E-state index contributed by atoms with van der Waals surface area (Å²) >= 11 is 4.48. The Hall–Kier alpha value is -4.44. The highest BCUT2D eigenvalue weighted by molar-refractivity contribution is 7.81. The number of nitro groups is 2. The van der Waals surface area contributed by atoms with Crippen molar-refractivity contribution in [1.29, 1.82) is 0 Å². The van der Waals surface area contributed by atoms with Crippen LogP contribution in [0.15, 0.2) is 48.5 Å². The van der Waals surface area contributed by atoms with Crippen LogP contribution < -0.4 is 0 Å². The molecular weight excluding hydrogens is 586 g/mol. The second-order valence-corrected chi connectivity index (χ2v) is 10.7. The van der Waals surface area contributed by atoms with Crippen molar-refractivity contribution in [2.24, 2.45) is 0 Å². The molecule has 4 rings (SSSR count). The molecule has 0 aromatic heterocycles. The van der Waals surface area contributed by atoms with Crippen molar-refractivity contribution < 1.29 is 38.4 Å². The zero-order chi connectivity index (χ0) is 30.9. The quantitative estimate of drug-likeness (QED) is 0.180. The number of amides is 2. The number of carbonyl (C=O) groups excluding carboxylic acids is 3. The normalized spacial score (nSPS) is 18.6. The molecule has 2 aliphatic heterocycles. The molecule has 2 saturated heterocycles. The first-order valence-corrected chi connectivity index (χ1v) is 14.0. The van der Waals surface area contributed by atoms with Gasteiger partial charge in [-0.1, -0.05) is 0 Å². The molecule has 2 fully saturated rings. The van der Waals surface area contributed by atoms with Crippen molar-refractivity contribution >= 4 is 42.2 Å². The topological polar surface area (TPSA) is 175 Å². The Morgan fingerprint density at radius 2 is 1.35 bits per heavy atom. The maximum absolute atomic E-state index is 13.3. The first kappa shape index (κ1) is 31.5. The summed E-state index contributed by atoms with van der Waals surface area (Å²) in [6, 6.07) is 10.6. The van der Waals surface area contributed by atoms with Gasteiger partial charge in [0.2, 0.25) is 5.91 Å². The molecule has 15 nitrogen and oxygen atoms in total. The van der Waals surface area contributed by atoms with Crippen LogP contribution in [-0.2, 0) is 32.2 Å². The van der Waals surface area contributed by atoms with E-state index in [0.29, 0.717) is 50.3 Å². The van der Waals surface area contributed by atoms with Crippen LogP contribution in [0.2, 0.25) is 0 Å². The molecule has 0 aliphatic carbocycles. The number of nitro benzene ring substituents is 2. The fourth-order valence-electron chi connectivity index (χ4n) is 4.75. The minimum absolute atomic E-state index is 0.0565. The van der Waals surface area contributed by atoms with Gasteiger partial charge < -0.3 is 19.1 Å². The van der Waals surface area contributed by atoms with Gasteiger partial charge in [-0.3, -0.25) is 34.8 Å². The third-order valence-electron chi connectivity index (χ3n) is 7.12. The smallest absolute Gasteiger partial charge is 0.445 e. The molecule has 0 radical (unpaired) electrons. The summed E-state index contributed by atoms with van der Waals surface area (Å²) in [4.78, 5) is 63.7. The number of hydrogen-bond acceptors (Lipinski definition) is 12. The molecule has 0 N–H and O–H groups in total. The van der Waals surface area contributed by atoms with Gasteiger partial charge in [-0.2, -0.15) is 12.6 Å². The molecule has 2 amide bonds. The Morgan fingerprint density at radius 3 is 1.88 bits per heavy atom. The van der Waals surface area contributed by atoms with E-state index in [4.69, 9.17) is 14.2 Å². The number of rotatable bonds is 10. The summed E-state index contributed by atoms with van der Waals surface area (Å²) in [5.74, 6) is -0.186. The summed E-state index contributed by atoms with van der Waals surface area (Å²) < 4.78 is 15.6. The van der Waals surface area contributed by atoms with Gasteiger partial charge in [0.15, 0.2) is 0 Å². The van der Waals surface area contributed by atoms with E-state index in [-0.39, 0.29) is 48.9 Å². The summed E-state index contributed by atoms with van der Waals surface area (Å²) in [5, 5.41) is 21.4. The highest BCUT2D eigenvalue weighted by Crippen LogP contribution is 2.25. The number of likely N-dealkylation sites (tertiary alicyclic amines) is 1. The number of carbonyl (C=O) groups is 3. The zero-order valence-electron chi connectivity index (χ0n) is 23.1. The van der Waals surface area contributed by atoms with Gasteiger partial charge in [-0.15, -0.1) is 0 Å². The van der Waals surface area contributed by atoms with Crippen LogP contribution in [-0.4, -0.2) is 99.9 Å². The predicted molar refractivity (Wildman–Crippen MR) is 153 cm³/mol. The average Bonchev–Trinajstić information content (AvgIpc) is 3.40. The molecule has 0 unspecified atom stereocenters.